The van der Waals surface area contributed by atoms with Gasteiger partial charge in [-0.1, -0.05) is 30.3 Å². The Bertz CT molecular complexity index is 848. The van der Waals surface area contributed by atoms with E-state index in [4.69, 9.17) is 0 Å². The van der Waals surface area contributed by atoms with E-state index in [1.807, 2.05) is 30.3 Å². The van der Waals surface area contributed by atoms with Crippen molar-refractivity contribution in [1.82, 2.24) is 25.1 Å². The maximum absolute atomic E-state index is 13.2. The summed E-state index contributed by atoms with van der Waals surface area (Å²) in [4.78, 5) is 13.4. The van der Waals surface area contributed by atoms with E-state index in [0.717, 1.165) is 11.6 Å². The molecule has 0 bridgehead atoms. The number of hydrogen-bond donors (Lipinski definition) is 2. The molecule has 3 rings (SSSR count). The molecular formula is C16H16F3N7. The molecule has 2 heterocycles. The van der Waals surface area contributed by atoms with Crippen molar-refractivity contribution in [2.24, 2.45) is 0 Å². The zero-order chi connectivity index (χ0) is 18.7. The lowest BCUT2D eigenvalue weighted by atomic mass is 10.1. The lowest BCUT2D eigenvalue weighted by Gasteiger charge is -2.20. The van der Waals surface area contributed by atoms with Crippen LogP contribution in [0.2, 0.25) is 0 Å². The van der Waals surface area contributed by atoms with E-state index in [1.54, 1.807) is 14.1 Å². The number of hydrogen-bond acceptors (Lipinski definition) is 6. The van der Waals surface area contributed by atoms with Crippen molar-refractivity contribution >= 4 is 11.8 Å². The minimum Gasteiger partial charge on any atom is -0.363 e. The molecule has 0 aliphatic rings. The molecule has 2 aromatic heterocycles. The highest BCUT2D eigenvalue weighted by Gasteiger charge is 2.34. The van der Waals surface area contributed by atoms with E-state index < -0.39 is 17.9 Å². The molecule has 3 aromatic rings. The summed E-state index contributed by atoms with van der Waals surface area (Å²) in [6.45, 7) is 0. The molecule has 0 aliphatic carbocycles. The molecule has 0 radical (unpaired) electrons. The summed E-state index contributed by atoms with van der Waals surface area (Å²) in [6, 6.07) is 9.43. The molecule has 0 aliphatic heterocycles. The SMILES string of the molecule is CN(C)c1cc(C(F)(F)F)nc(NC(c2ccccc2)c2ncn[nH]2)n1. The topological polar surface area (TPSA) is 82.6 Å². The Labute approximate surface area is 147 Å². The summed E-state index contributed by atoms with van der Waals surface area (Å²) in [6.07, 6.45) is -3.26. The van der Waals surface area contributed by atoms with Crippen LogP contribution in [-0.4, -0.2) is 39.2 Å². The van der Waals surface area contributed by atoms with Gasteiger partial charge in [0, 0.05) is 20.2 Å². The molecule has 1 unspecified atom stereocenters. The van der Waals surface area contributed by atoms with Gasteiger partial charge in [0.2, 0.25) is 5.95 Å². The Morgan fingerprint density at radius 3 is 2.42 bits per heavy atom. The Balaban J connectivity index is 2.03. The summed E-state index contributed by atoms with van der Waals surface area (Å²) in [5.41, 5.74) is -0.250. The van der Waals surface area contributed by atoms with E-state index in [-0.39, 0.29) is 11.8 Å². The van der Waals surface area contributed by atoms with Gasteiger partial charge < -0.3 is 10.2 Å². The molecule has 1 aromatic carbocycles. The number of aromatic nitrogens is 5. The number of nitrogens with one attached hydrogen (secondary N) is 2. The zero-order valence-corrected chi connectivity index (χ0v) is 14.0. The zero-order valence-electron chi connectivity index (χ0n) is 14.0. The number of anilines is 2. The van der Waals surface area contributed by atoms with Gasteiger partial charge in [0.25, 0.3) is 0 Å². The number of nitrogens with zero attached hydrogens (tertiary/aromatic N) is 5. The number of rotatable bonds is 5. The second-order valence-corrected chi connectivity index (χ2v) is 5.69. The highest BCUT2D eigenvalue weighted by atomic mass is 19.4. The lowest BCUT2D eigenvalue weighted by molar-refractivity contribution is -0.141. The number of H-pyrrole nitrogens is 1. The standard InChI is InChI=1S/C16H16F3N7/c1-26(2)12-8-11(16(17,18)19)22-15(23-12)24-13(14-20-9-21-25-14)10-6-4-3-5-7-10/h3-9,13H,1-2H3,(H,20,21,25)(H,22,23,24). The number of benzene rings is 1. The van der Waals surface area contributed by atoms with Crippen molar-refractivity contribution in [3.8, 4) is 0 Å². The minimum atomic E-state index is -4.58. The normalized spacial score (nSPS) is 12.7. The first-order chi connectivity index (χ1) is 12.3. The second kappa shape index (κ2) is 6.98. The first kappa shape index (κ1) is 17.6. The maximum Gasteiger partial charge on any atom is 0.433 e. The Morgan fingerprint density at radius 2 is 1.85 bits per heavy atom. The predicted octanol–water partition coefficient (Wildman–Crippen LogP) is 2.88. The van der Waals surface area contributed by atoms with Crippen LogP contribution in [0.3, 0.4) is 0 Å². The fourth-order valence-electron chi connectivity index (χ4n) is 2.31. The highest BCUT2D eigenvalue weighted by Crippen LogP contribution is 2.31. The largest absolute Gasteiger partial charge is 0.433 e. The highest BCUT2D eigenvalue weighted by molar-refractivity contribution is 5.46. The molecule has 10 heteroatoms. The minimum absolute atomic E-state index is 0.138. The fourth-order valence-corrected chi connectivity index (χ4v) is 2.31. The maximum atomic E-state index is 13.2. The molecule has 2 N–H and O–H groups in total. The molecule has 0 fully saturated rings. The Kier molecular flexibility index (Phi) is 4.74. The first-order valence-corrected chi connectivity index (χ1v) is 7.65. The molecule has 7 nitrogen and oxygen atoms in total. The van der Waals surface area contributed by atoms with Crippen molar-refractivity contribution < 1.29 is 13.2 Å². The van der Waals surface area contributed by atoms with Gasteiger partial charge in [0.1, 0.15) is 18.2 Å². The van der Waals surface area contributed by atoms with Crippen molar-refractivity contribution in [3.05, 3.63) is 59.8 Å². The van der Waals surface area contributed by atoms with Crippen LogP contribution in [0.25, 0.3) is 0 Å². The predicted molar refractivity (Wildman–Crippen MR) is 89.7 cm³/mol. The molecule has 0 spiro atoms. The van der Waals surface area contributed by atoms with Crippen molar-refractivity contribution in [2.45, 2.75) is 12.2 Å². The smallest absolute Gasteiger partial charge is 0.363 e. The summed E-state index contributed by atoms with van der Waals surface area (Å²) in [5.74, 6) is 0.414. The van der Waals surface area contributed by atoms with Gasteiger partial charge in [-0.05, 0) is 5.56 Å². The van der Waals surface area contributed by atoms with Gasteiger partial charge in [0.05, 0.1) is 0 Å². The van der Waals surface area contributed by atoms with Gasteiger partial charge in [0.15, 0.2) is 11.5 Å². The molecule has 136 valence electrons. The molecule has 0 saturated carbocycles. The lowest BCUT2D eigenvalue weighted by Crippen LogP contribution is -2.20. The van der Waals surface area contributed by atoms with Crippen LogP contribution < -0.4 is 10.2 Å². The van der Waals surface area contributed by atoms with Gasteiger partial charge in [-0.3, -0.25) is 5.10 Å². The van der Waals surface area contributed by atoms with Crippen LogP contribution in [0.15, 0.2) is 42.7 Å². The summed E-state index contributed by atoms with van der Waals surface area (Å²) < 4.78 is 39.5. The fraction of sp³-hybridized carbons (Fsp3) is 0.250. The third kappa shape index (κ3) is 3.90. The van der Waals surface area contributed by atoms with Gasteiger partial charge in [-0.15, -0.1) is 0 Å². The third-order valence-electron chi connectivity index (χ3n) is 3.57. The summed E-state index contributed by atoms with van der Waals surface area (Å²) in [5, 5.41) is 9.46. The van der Waals surface area contributed by atoms with Crippen molar-refractivity contribution in [1.29, 1.82) is 0 Å². The number of halogens is 3. The van der Waals surface area contributed by atoms with Crippen LogP contribution in [0.5, 0.6) is 0 Å². The Morgan fingerprint density at radius 1 is 1.12 bits per heavy atom. The van der Waals surface area contributed by atoms with E-state index in [1.165, 1.54) is 11.2 Å². The molecule has 0 saturated heterocycles. The quantitative estimate of drug-likeness (QED) is 0.725. The van der Waals surface area contributed by atoms with E-state index >= 15 is 0 Å². The van der Waals surface area contributed by atoms with Crippen LogP contribution in [-0.2, 0) is 6.18 Å². The monoisotopic (exact) mass is 363 g/mol. The molecule has 26 heavy (non-hydrogen) atoms. The Hall–Kier alpha value is -3.17. The van der Waals surface area contributed by atoms with Gasteiger partial charge in [-0.2, -0.15) is 23.3 Å². The summed E-state index contributed by atoms with van der Waals surface area (Å²) >= 11 is 0. The van der Waals surface area contributed by atoms with Crippen molar-refractivity contribution in [2.75, 3.05) is 24.3 Å². The van der Waals surface area contributed by atoms with Crippen LogP contribution in [0.4, 0.5) is 24.9 Å². The average Bonchev–Trinajstić information content (AvgIpc) is 3.13. The van der Waals surface area contributed by atoms with Crippen molar-refractivity contribution in [3.63, 3.8) is 0 Å². The molecular weight excluding hydrogens is 347 g/mol. The van der Waals surface area contributed by atoms with Gasteiger partial charge >= 0.3 is 6.18 Å². The van der Waals surface area contributed by atoms with E-state index in [2.05, 4.69) is 30.5 Å². The average molecular weight is 363 g/mol. The van der Waals surface area contributed by atoms with E-state index in [0.29, 0.717) is 5.82 Å². The molecule has 0 amide bonds. The molecule has 1 atom stereocenters. The third-order valence-corrected chi connectivity index (χ3v) is 3.57. The first-order valence-electron chi connectivity index (χ1n) is 7.65. The second-order valence-electron chi connectivity index (χ2n) is 5.69. The number of alkyl halides is 3. The summed E-state index contributed by atoms with van der Waals surface area (Å²) in [7, 11) is 3.22. The van der Waals surface area contributed by atoms with E-state index in [9.17, 15) is 13.2 Å². The van der Waals surface area contributed by atoms with Gasteiger partial charge in [-0.25, -0.2) is 9.97 Å². The van der Waals surface area contributed by atoms with Crippen LogP contribution in [0, 0.1) is 0 Å². The van der Waals surface area contributed by atoms with Crippen LogP contribution >= 0.6 is 0 Å². The van der Waals surface area contributed by atoms with Crippen LogP contribution in [0.1, 0.15) is 23.1 Å². The number of aromatic amines is 1.